The molecular formula is C14H24N4O2. The minimum Gasteiger partial charge on any atom is -0.385 e. The zero-order chi connectivity index (χ0) is 15.1. The molecule has 2 N–H and O–H groups in total. The second kappa shape index (κ2) is 7.79. The first kappa shape index (κ1) is 16.4. The zero-order valence-corrected chi connectivity index (χ0v) is 12.9. The fourth-order valence-electron chi connectivity index (χ4n) is 1.66. The Morgan fingerprint density at radius 2 is 2.10 bits per heavy atom. The average Bonchev–Trinajstić information content (AvgIpc) is 2.44. The van der Waals surface area contributed by atoms with Crippen molar-refractivity contribution in [3.63, 3.8) is 0 Å². The Hall–Kier alpha value is -1.69. The molecule has 1 aromatic heterocycles. The summed E-state index contributed by atoms with van der Waals surface area (Å²) < 4.78 is 5.29. The number of ether oxygens (including phenoxy) is 1. The summed E-state index contributed by atoms with van der Waals surface area (Å²) in [5.41, 5.74) is 0.991. The lowest BCUT2D eigenvalue weighted by atomic mass is 10.2. The predicted octanol–water partition coefficient (Wildman–Crippen LogP) is 1.80. The van der Waals surface area contributed by atoms with Crippen LogP contribution in [0.4, 0.5) is 5.69 Å². The number of aromatic nitrogens is 2. The second-order valence-corrected chi connectivity index (χ2v) is 4.93. The molecule has 0 aliphatic rings. The van der Waals surface area contributed by atoms with Crippen LogP contribution in [0.15, 0.2) is 6.20 Å². The van der Waals surface area contributed by atoms with E-state index in [9.17, 15) is 4.79 Å². The lowest BCUT2D eigenvalue weighted by Gasteiger charge is -2.15. The van der Waals surface area contributed by atoms with Gasteiger partial charge in [0.25, 0.3) is 5.91 Å². The quantitative estimate of drug-likeness (QED) is 0.796. The maximum absolute atomic E-state index is 12.3. The van der Waals surface area contributed by atoms with Crippen LogP contribution in [0.3, 0.4) is 0 Å². The zero-order valence-electron chi connectivity index (χ0n) is 12.9. The van der Waals surface area contributed by atoms with Crippen molar-refractivity contribution in [2.45, 2.75) is 39.7 Å². The SMILES string of the molecule is CCOCC(C)NC(=O)c1nc(C(C)C)ncc1NC. The van der Waals surface area contributed by atoms with Gasteiger partial charge in [-0.25, -0.2) is 9.97 Å². The van der Waals surface area contributed by atoms with Crippen LogP contribution < -0.4 is 10.6 Å². The van der Waals surface area contributed by atoms with E-state index in [1.54, 1.807) is 13.2 Å². The first-order chi connectivity index (χ1) is 9.49. The monoisotopic (exact) mass is 280 g/mol. The van der Waals surface area contributed by atoms with Crippen molar-refractivity contribution in [3.8, 4) is 0 Å². The molecule has 0 aliphatic heterocycles. The summed E-state index contributed by atoms with van der Waals surface area (Å²) in [6, 6.07) is -0.0652. The van der Waals surface area contributed by atoms with Gasteiger partial charge in [-0.1, -0.05) is 13.8 Å². The molecule has 1 heterocycles. The molecule has 1 unspecified atom stereocenters. The molecule has 1 aromatic rings. The number of nitrogens with zero attached hydrogens (tertiary/aromatic N) is 2. The van der Waals surface area contributed by atoms with Crippen LogP contribution in [-0.4, -0.2) is 42.2 Å². The maximum Gasteiger partial charge on any atom is 0.272 e. The predicted molar refractivity (Wildman–Crippen MR) is 79.1 cm³/mol. The lowest BCUT2D eigenvalue weighted by Crippen LogP contribution is -2.37. The van der Waals surface area contributed by atoms with Crippen LogP contribution in [0.2, 0.25) is 0 Å². The van der Waals surface area contributed by atoms with E-state index in [0.717, 1.165) is 0 Å². The summed E-state index contributed by atoms with van der Waals surface area (Å²) in [6.07, 6.45) is 1.64. The van der Waals surface area contributed by atoms with Crippen molar-refractivity contribution in [2.75, 3.05) is 25.6 Å². The molecule has 0 radical (unpaired) electrons. The summed E-state index contributed by atoms with van der Waals surface area (Å²) in [5, 5.41) is 5.82. The molecule has 6 nitrogen and oxygen atoms in total. The molecule has 0 fully saturated rings. The Labute approximate surface area is 120 Å². The number of rotatable bonds is 7. The van der Waals surface area contributed by atoms with E-state index in [1.807, 2.05) is 27.7 Å². The van der Waals surface area contributed by atoms with Crippen molar-refractivity contribution in [3.05, 3.63) is 17.7 Å². The van der Waals surface area contributed by atoms with E-state index in [1.165, 1.54) is 0 Å². The van der Waals surface area contributed by atoms with Crippen LogP contribution in [0, 0.1) is 0 Å². The number of carbonyl (C=O) groups is 1. The third-order valence-electron chi connectivity index (χ3n) is 2.76. The van der Waals surface area contributed by atoms with Crippen LogP contribution in [0.25, 0.3) is 0 Å². The summed E-state index contributed by atoms with van der Waals surface area (Å²) in [6.45, 7) is 8.93. The van der Waals surface area contributed by atoms with Gasteiger partial charge in [0.1, 0.15) is 5.82 Å². The Balaban J connectivity index is 2.87. The summed E-state index contributed by atoms with van der Waals surface area (Å²) in [4.78, 5) is 20.9. The second-order valence-electron chi connectivity index (χ2n) is 4.93. The number of anilines is 1. The Morgan fingerprint density at radius 3 is 2.65 bits per heavy atom. The summed E-state index contributed by atoms with van der Waals surface area (Å²) >= 11 is 0. The molecule has 0 saturated heterocycles. The van der Waals surface area contributed by atoms with Gasteiger partial charge in [0.05, 0.1) is 18.5 Å². The Morgan fingerprint density at radius 1 is 1.40 bits per heavy atom. The lowest BCUT2D eigenvalue weighted by molar-refractivity contribution is 0.0867. The number of amides is 1. The molecular weight excluding hydrogens is 256 g/mol. The van der Waals surface area contributed by atoms with Gasteiger partial charge in [-0.05, 0) is 13.8 Å². The normalized spacial score (nSPS) is 12.3. The van der Waals surface area contributed by atoms with E-state index >= 15 is 0 Å². The number of hydrogen-bond acceptors (Lipinski definition) is 5. The van der Waals surface area contributed by atoms with Crippen molar-refractivity contribution in [1.82, 2.24) is 15.3 Å². The smallest absolute Gasteiger partial charge is 0.272 e. The Kier molecular flexibility index (Phi) is 6.38. The topological polar surface area (TPSA) is 76.1 Å². The van der Waals surface area contributed by atoms with Crippen molar-refractivity contribution in [1.29, 1.82) is 0 Å². The van der Waals surface area contributed by atoms with Crippen molar-refractivity contribution < 1.29 is 9.53 Å². The highest BCUT2D eigenvalue weighted by molar-refractivity contribution is 5.97. The molecule has 20 heavy (non-hydrogen) atoms. The van der Waals surface area contributed by atoms with Gasteiger partial charge in [-0.2, -0.15) is 0 Å². The van der Waals surface area contributed by atoms with Crippen LogP contribution in [0.5, 0.6) is 0 Å². The first-order valence-corrected chi connectivity index (χ1v) is 6.92. The Bertz CT molecular complexity index is 449. The van der Waals surface area contributed by atoms with Crippen molar-refractivity contribution >= 4 is 11.6 Å². The molecule has 1 rings (SSSR count). The highest BCUT2D eigenvalue weighted by Crippen LogP contribution is 2.15. The largest absolute Gasteiger partial charge is 0.385 e. The van der Waals surface area contributed by atoms with Gasteiger partial charge >= 0.3 is 0 Å². The summed E-state index contributed by atoms with van der Waals surface area (Å²) in [5.74, 6) is 0.616. The molecule has 112 valence electrons. The fraction of sp³-hybridized carbons (Fsp3) is 0.643. The number of carbonyl (C=O) groups excluding carboxylic acids is 1. The molecule has 1 amide bonds. The molecule has 0 saturated carbocycles. The van der Waals surface area contributed by atoms with E-state index in [0.29, 0.717) is 30.4 Å². The van der Waals surface area contributed by atoms with E-state index < -0.39 is 0 Å². The van der Waals surface area contributed by atoms with Crippen LogP contribution in [-0.2, 0) is 4.74 Å². The van der Waals surface area contributed by atoms with Crippen LogP contribution >= 0.6 is 0 Å². The van der Waals surface area contributed by atoms with Gasteiger partial charge in [-0.15, -0.1) is 0 Å². The first-order valence-electron chi connectivity index (χ1n) is 6.92. The van der Waals surface area contributed by atoms with Gasteiger partial charge in [0.2, 0.25) is 0 Å². The molecule has 0 bridgehead atoms. The van der Waals surface area contributed by atoms with Crippen LogP contribution in [0.1, 0.15) is 49.9 Å². The van der Waals surface area contributed by atoms with Gasteiger partial charge in [-0.3, -0.25) is 4.79 Å². The minimum absolute atomic E-state index is 0.0652. The van der Waals surface area contributed by atoms with Gasteiger partial charge in [0.15, 0.2) is 5.69 Å². The standard InChI is InChI=1S/C14H24N4O2/c1-6-20-8-10(4)17-14(19)12-11(15-5)7-16-13(18-12)9(2)3/h7,9-10,15H,6,8H2,1-5H3,(H,17,19). The third kappa shape index (κ3) is 4.45. The van der Waals surface area contributed by atoms with Gasteiger partial charge in [0, 0.05) is 25.6 Å². The molecule has 0 aromatic carbocycles. The maximum atomic E-state index is 12.3. The molecule has 0 aliphatic carbocycles. The van der Waals surface area contributed by atoms with Crippen molar-refractivity contribution in [2.24, 2.45) is 0 Å². The highest BCUT2D eigenvalue weighted by atomic mass is 16.5. The summed E-state index contributed by atoms with van der Waals surface area (Å²) in [7, 11) is 1.74. The number of hydrogen-bond donors (Lipinski definition) is 2. The highest BCUT2D eigenvalue weighted by Gasteiger charge is 2.17. The third-order valence-corrected chi connectivity index (χ3v) is 2.76. The van der Waals surface area contributed by atoms with E-state index in [-0.39, 0.29) is 17.9 Å². The molecule has 6 heteroatoms. The van der Waals surface area contributed by atoms with Gasteiger partial charge < -0.3 is 15.4 Å². The molecule has 1 atom stereocenters. The number of nitrogens with one attached hydrogen (secondary N) is 2. The minimum atomic E-state index is -0.217. The fourth-order valence-corrected chi connectivity index (χ4v) is 1.66. The average molecular weight is 280 g/mol. The van der Waals surface area contributed by atoms with E-state index in [2.05, 4.69) is 20.6 Å². The molecule has 0 spiro atoms. The van der Waals surface area contributed by atoms with E-state index in [4.69, 9.17) is 4.74 Å².